The molecule has 94 valence electrons. The second-order valence-corrected chi connectivity index (χ2v) is 3.88. The lowest BCUT2D eigenvalue weighted by Gasteiger charge is -1.99. The third-order valence-corrected chi connectivity index (χ3v) is 2.55. The summed E-state index contributed by atoms with van der Waals surface area (Å²) in [7, 11) is 0. The van der Waals surface area contributed by atoms with Crippen LogP contribution >= 0.6 is 0 Å². The van der Waals surface area contributed by atoms with Gasteiger partial charge in [-0.05, 0) is 24.6 Å². The second-order valence-electron chi connectivity index (χ2n) is 3.88. The first kappa shape index (κ1) is 10.9. The van der Waals surface area contributed by atoms with Crippen molar-refractivity contribution in [1.29, 1.82) is 0 Å². The van der Waals surface area contributed by atoms with Crippen molar-refractivity contribution < 1.29 is 14.2 Å². The monoisotopic (exact) mass is 247 g/mol. The van der Waals surface area contributed by atoms with Gasteiger partial charge in [0.25, 0.3) is 0 Å². The van der Waals surface area contributed by atoms with Crippen LogP contribution in [0, 0.1) is 0 Å². The molecule has 1 aliphatic heterocycles. The highest BCUT2D eigenvalue weighted by atomic mass is 16.7. The van der Waals surface area contributed by atoms with Crippen molar-refractivity contribution in [3.8, 4) is 28.9 Å². The topological polar surface area (TPSA) is 69.3 Å². The van der Waals surface area contributed by atoms with Crippen molar-refractivity contribution in [2.24, 2.45) is 0 Å². The molecule has 0 radical (unpaired) electrons. The van der Waals surface area contributed by atoms with Crippen molar-refractivity contribution in [2.45, 2.75) is 13.3 Å². The fourth-order valence-corrected chi connectivity index (χ4v) is 1.68. The number of hydrogen-bond donors (Lipinski definition) is 1. The Morgan fingerprint density at radius 3 is 3.11 bits per heavy atom. The second kappa shape index (κ2) is 4.56. The zero-order valence-electron chi connectivity index (χ0n) is 9.97. The van der Waals surface area contributed by atoms with E-state index in [0.29, 0.717) is 18.4 Å². The third kappa shape index (κ3) is 1.97. The molecule has 6 heteroatoms. The summed E-state index contributed by atoms with van der Waals surface area (Å²) in [6.07, 6.45) is 0.925. The highest BCUT2D eigenvalue weighted by Gasteiger charge is 2.15. The maximum Gasteiger partial charge on any atom is 0.335 e. The smallest absolute Gasteiger partial charge is 0.335 e. The lowest BCUT2D eigenvalue weighted by atomic mass is 10.2. The van der Waals surface area contributed by atoms with E-state index in [9.17, 15) is 0 Å². The molecular formula is C12H13N3O3. The van der Waals surface area contributed by atoms with Gasteiger partial charge in [-0.2, -0.15) is 4.98 Å². The molecule has 6 nitrogen and oxygen atoms in total. The van der Waals surface area contributed by atoms with Crippen LogP contribution in [-0.2, 0) is 0 Å². The van der Waals surface area contributed by atoms with Gasteiger partial charge < -0.3 is 14.2 Å². The molecule has 1 aromatic heterocycles. The molecule has 0 spiro atoms. The average molecular weight is 247 g/mol. The molecule has 1 aromatic carbocycles. The van der Waals surface area contributed by atoms with Gasteiger partial charge in [0.2, 0.25) is 6.79 Å². The Balaban J connectivity index is 1.83. The van der Waals surface area contributed by atoms with Crippen LogP contribution in [-0.4, -0.2) is 28.6 Å². The van der Waals surface area contributed by atoms with Gasteiger partial charge >= 0.3 is 6.01 Å². The van der Waals surface area contributed by atoms with Gasteiger partial charge in [0, 0.05) is 5.56 Å². The number of H-pyrrole nitrogens is 1. The number of hydrogen-bond acceptors (Lipinski definition) is 5. The standard InChI is InChI=1S/C12H13N3O3/c1-2-5-16-12-13-11(14-15-12)8-3-4-9-10(6-8)18-7-17-9/h3-4,6H,2,5,7H2,1H3,(H,13,14,15). The zero-order chi connectivity index (χ0) is 12.4. The summed E-state index contributed by atoms with van der Waals surface area (Å²) in [5, 5.41) is 6.83. The van der Waals surface area contributed by atoms with Gasteiger partial charge in [-0.1, -0.05) is 6.92 Å². The predicted octanol–water partition coefficient (Wildman–Crippen LogP) is 1.99. The molecule has 1 N–H and O–H groups in total. The average Bonchev–Trinajstić information content (AvgIpc) is 3.04. The molecule has 0 bridgehead atoms. The lowest BCUT2D eigenvalue weighted by Crippen LogP contribution is -1.96. The molecule has 18 heavy (non-hydrogen) atoms. The molecule has 0 unspecified atom stereocenters. The highest BCUT2D eigenvalue weighted by molar-refractivity contribution is 5.61. The molecular weight excluding hydrogens is 234 g/mol. The molecule has 2 aromatic rings. The number of ether oxygens (including phenoxy) is 3. The Labute approximate surface area is 104 Å². The van der Waals surface area contributed by atoms with E-state index in [1.54, 1.807) is 0 Å². The van der Waals surface area contributed by atoms with Gasteiger partial charge in [-0.25, -0.2) is 0 Å². The summed E-state index contributed by atoms with van der Waals surface area (Å²) in [5.74, 6) is 2.13. The molecule has 2 heterocycles. The normalized spacial score (nSPS) is 12.7. The van der Waals surface area contributed by atoms with E-state index >= 15 is 0 Å². The van der Waals surface area contributed by atoms with Crippen molar-refractivity contribution in [1.82, 2.24) is 15.2 Å². The van der Waals surface area contributed by atoms with Crippen LogP contribution in [0.15, 0.2) is 18.2 Å². The van der Waals surface area contributed by atoms with Crippen LogP contribution in [0.5, 0.6) is 17.5 Å². The highest BCUT2D eigenvalue weighted by Crippen LogP contribution is 2.35. The van der Waals surface area contributed by atoms with E-state index in [1.807, 2.05) is 25.1 Å². The molecule has 1 aliphatic rings. The maximum absolute atomic E-state index is 5.34. The fourth-order valence-electron chi connectivity index (χ4n) is 1.68. The van der Waals surface area contributed by atoms with Gasteiger partial charge in [0.15, 0.2) is 17.3 Å². The number of rotatable bonds is 4. The van der Waals surface area contributed by atoms with Gasteiger partial charge in [0.1, 0.15) is 0 Å². The van der Waals surface area contributed by atoms with Crippen molar-refractivity contribution in [3.05, 3.63) is 18.2 Å². The predicted molar refractivity (Wildman–Crippen MR) is 63.7 cm³/mol. The number of nitrogens with zero attached hydrogens (tertiary/aromatic N) is 2. The number of benzene rings is 1. The van der Waals surface area contributed by atoms with Crippen LogP contribution < -0.4 is 14.2 Å². The van der Waals surface area contributed by atoms with Crippen LogP contribution in [0.25, 0.3) is 11.4 Å². The number of nitrogens with one attached hydrogen (secondary N) is 1. The number of aromatic amines is 1. The molecule has 0 saturated carbocycles. The zero-order valence-corrected chi connectivity index (χ0v) is 9.97. The Hall–Kier alpha value is -2.24. The summed E-state index contributed by atoms with van der Waals surface area (Å²) >= 11 is 0. The van der Waals surface area contributed by atoms with E-state index in [1.165, 1.54) is 0 Å². The van der Waals surface area contributed by atoms with Crippen molar-refractivity contribution in [2.75, 3.05) is 13.4 Å². The lowest BCUT2D eigenvalue weighted by molar-refractivity contribution is 0.174. The molecule has 3 rings (SSSR count). The van der Waals surface area contributed by atoms with Crippen LogP contribution in [0.3, 0.4) is 0 Å². The largest absolute Gasteiger partial charge is 0.462 e. The molecule has 0 saturated heterocycles. The maximum atomic E-state index is 5.34. The summed E-state index contributed by atoms with van der Waals surface area (Å²) < 4.78 is 15.9. The third-order valence-electron chi connectivity index (χ3n) is 2.55. The number of fused-ring (bicyclic) bond motifs is 1. The quantitative estimate of drug-likeness (QED) is 0.894. The molecule has 0 atom stereocenters. The van der Waals surface area contributed by atoms with E-state index < -0.39 is 0 Å². The van der Waals surface area contributed by atoms with Gasteiger partial charge in [0.05, 0.1) is 6.61 Å². The Bertz CT molecular complexity index is 553. The van der Waals surface area contributed by atoms with Crippen LogP contribution in [0.2, 0.25) is 0 Å². The van der Waals surface area contributed by atoms with Gasteiger partial charge in [-0.15, -0.1) is 5.10 Å². The van der Waals surface area contributed by atoms with E-state index in [4.69, 9.17) is 14.2 Å². The van der Waals surface area contributed by atoms with E-state index in [0.717, 1.165) is 23.5 Å². The van der Waals surface area contributed by atoms with E-state index in [-0.39, 0.29) is 6.79 Å². The Morgan fingerprint density at radius 1 is 1.33 bits per heavy atom. The number of aromatic nitrogens is 3. The Morgan fingerprint density at radius 2 is 2.22 bits per heavy atom. The van der Waals surface area contributed by atoms with Gasteiger partial charge in [-0.3, -0.25) is 5.10 Å². The van der Waals surface area contributed by atoms with Crippen LogP contribution in [0.4, 0.5) is 0 Å². The molecule has 0 amide bonds. The first-order valence-corrected chi connectivity index (χ1v) is 5.82. The minimum Gasteiger partial charge on any atom is -0.462 e. The molecule has 0 aliphatic carbocycles. The molecule has 0 fully saturated rings. The summed E-state index contributed by atoms with van der Waals surface area (Å²) in [6.45, 7) is 2.91. The fraction of sp³-hybridized carbons (Fsp3) is 0.333. The first-order valence-electron chi connectivity index (χ1n) is 5.82. The minimum atomic E-state index is 0.264. The minimum absolute atomic E-state index is 0.264. The Kier molecular flexibility index (Phi) is 2.76. The van der Waals surface area contributed by atoms with Crippen molar-refractivity contribution in [3.63, 3.8) is 0 Å². The SMILES string of the molecule is CCCOc1n[nH]c(-c2ccc3c(c2)OCO3)n1. The summed E-state index contributed by atoms with van der Waals surface area (Å²) in [4.78, 5) is 4.26. The first-order chi connectivity index (χ1) is 8.86. The summed E-state index contributed by atoms with van der Waals surface area (Å²) in [5.41, 5.74) is 0.887. The van der Waals surface area contributed by atoms with Crippen molar-refractivity contribution >= 4 is 0 Å². The van der Waals surface area contributed by atoms with Crippen LogP contribution in [0.1, 0.15) is 13.3 Å². The van der Waals surface area contributed by atoms with E-state index in [2.05, 4.69) is 15.2 Å². The summed E-state index contributed by atoms with van der Waals surface area (Å²) in [6, 6.07) is 5.99.